The lowest BCUT2D eigenvalue weighted by Crippen LogP contribution is -2.49. The molecule has 0 aliphatic carbocycles. The summed E-state index contributed by atoms with van der Waals surface area (Å²) in [4.78, 5) is 25.0. The van der Waals surface area contributed by atoms with Gasteiger partial charge in [0.15, 0.2) is 4.34 Å². The monoisotopic (exact) mass is 393 g/mol. The summed E-state index contributed by atoms with van der Waals surface area (Å²) in [6.07, 6.45) is 3.48. The number of hydrogen-bond donors (Lipinski definition) is 1. The molecule has 1 aliphatic rings. The zero-order valence-corrected chi connectivity index (χ0v) is 16.6. The molecule has 1 amide bonds. The maximum atomic E-state index is 12.4. The molecule has 26 heavy (non-hydrogen) atoms. The second kappa shape index (κ2) is 9.13. The average molecular weight is 394 g/mol. The maximum absolute atomic E-state index is 12.4. The highest BCUT2D eigenvalue weighted by Crippen LogP contribution is 2.26. The number of aromatic nitrogens is 4. The molecule has 1 N–H and O–H groups in total. The summed E-state index contributed by atoms with van der Waals surface area (Å²) < 4.78 is 0.820. The van der Waals surface area contributed by atoms with Crippen LogP contribution in [0.15, 0.2) is 22.8 Å². The lowest BCUT2D eigenvalue weighted by molar-refractivity contribution is -0.128. The van der Waals surface area contributed by atoms with Gasteiger partial charge in [-0.1, -0.05) is 36.9 Å². The third-order valence-electron chi connectivity index (χ3n) is 3.85. The van der Waals surface area contributed by atoms with Crippen molar-refractivity contribution in [3.8, 4) is 0 Å². The van der Waals surface area contributed by atoms with E-state index in [-0.39, 0.29) is 5.91 Å². The Morgan fingerprint density at radius 2 is 1.96 bits per heavy atom. The van der Waals surface area contributed by atoms with Gasteiger partial charge in [0.25, 0.3) is 0 Å². The van der Waals surface area contributed by atoms with Gasteiger partial charge < -0.3 is 15.1 Å². The quantitative estimate of drug-likeness (QED) is 0.713. The molecule has 1 aliphatic heterocycles. The molecule has 140 valence electrons. The highest BCUT2D eigenvalue weighted by atomic mass is 32.2. The smallest absolute Gasteiger partial charge is 0.233 e. The zero-order valence-electron chi connectivity index (χ0n) is 15.0. The van der Waals surface area contributed by atoms with E-state index in [2.05, 4.69) is 44.2 Å². The fourth-order valence-electron chi connectivity index (χ4n) is 2.46. The predicted octanol–water partition coefficient (Wildman–Crippen LogP) is 1.84. The number of piperazine rings is 1. The Balaban J connectivity index is 1.42. The molecule has 10 heteroatoms. The summed E-state index contributed by atoms with van der Waals surface area (Å²) in [5, 5.41) is 12.3. The van der Waals surface area contributed by atoms with Crippen LogP contribution < -0.4 is 10.2 Å². The molecular weight excluding hydrogens is 370 g/mol. The van der Waals surface area contributed by atoms with Gasteiger partial charge in [-0.05, 0) is 12.0 Å². The van der Waals surface area contributed by atoms with Crippen molar-refractivity contribution in [1.29, 1.82) is 0 Å². The summed E-state index contributed by atoms with van der Waals surface area (Å²) in [7, 11) is 0. The number of carbonyl (C=O) groups is 1. The number of nitrogens with zero attached hydrogens (tertiary/aromatic N) is 6. The van der Waals surface area contributed by atoms with Crippen LogP contribution in [0, 0.1) is 5.92 Å². The number of carbonyl (C=O) groups excluding carboxylic acids is 1. The highest BCUT2D eigenvalue weighted by Gasteiger charge is 2.22. The number of amides is 1. The molecule has 2 aromatic heterocycles. The number of nitrogens with one attached hydrogen (secondary N) is 1. The van der Waals surface area contributed by atoms with E-state index >= 15 is 0 Å². The number of anilines is 2. The normalized spacial score (nSPS) is 14.7. The van der Waals surface area contributed by atoms with E-state index in [0.29, 0.717) is 24.8 Å². The van der Waals surface area contributed by atoms with E-state index in [1.807, 2.05) is 4.90 Å². The Labute approximate surface area is 161 Å². The van der Waals surface area contributed by atoms with E-state index in [0.717, 1.165) is 35.1 Å². The fourth-order valence-corrected chi connectivity index (χ4v) is 4.12. The molecule has 0 atom stereocenters. The number of hydrogen-bond acceptors (Lipinski definition) is 9. The van der Waals surface area contributed by atoms with Gasteiger partial charge in [0, 0.05) is 45.1 Å². The van der Waals surface area contributed by atoms with Crippen LogP contribution in [0.1, 0.15) is 13.8 Å². The lowest BCUT2D eigenvalue weighted by atomic mass is 10.2. The Morgan fingerprint density at radius 1 is 1.23 bits per heavy atom. The van der Waals surface area contributed by atoms with Gasteiger partial charge in [0.2, 0.25) is 17.0 Å². The SMILES string of the molecule is CC(C)CNc1nnc(SCC(=O)N2CCN(c3ncccn3)CC2)s1. The first-order valence-electron chi connectivity index (χ1n) is 8.61. The molecule has 0 bridgehead atoms. The van der Waals surface area contributed by atoms with Crippen molar-refractivity contribution in [1.82, 2.24) is 25.1 Å². The van der Waals surface area contributed by atoms with Gasteiger partial charge in [0.05, 0.1) is 5.75 Å². The van der Waals surface area contributed by atoms with Gasteiger partial charge in [-0.3, -0.25) is 4.79 Å². The van der Waals surface area contributed by atoms with Crippen LogP contribution in [0.25, 0.3) is 0 Å². The average Bonchev–Trinajstić information content (AvgIpc) is 3.13. The lowest BCUT2D eigenvalue weighted by Gasteiger charge is -2.34. The minimum absolute atomic E-state index is 0.135. The zero-order chi connectivity index (χ0) is 18.4. The van der Waals surface area contributed by atoms with Crippen molar-refractivity contribution >= 4 is 40.1 Å². The van der Waals surface area contributed by atoms with Gasteiger partial charge in [-0.25, -0.2) is 9.97 Å². The Bertz CT molecular complexity index is 702. The molecule has 2 aromatic rings. The molecule has 1 fully saturated rings. The van der Waals surface area contributed by atoms with Crippen molar-refractivity contribution in [3.05, 3.63) is 18.5 Å². The fraction of sp³-hybridized carbons (Fsp3) is 0.562. The second-order valence-electron chi connectivity index (χ2n) is 6.35. The van der Waals surface area contributed by atoms with Gasteiger partial charge >= 0.3 is 0 Å². The molecular formula is C16H23N7OS2. The van der Waals surface area contributed by atoms with Crippen LogP contribution in [0.5, 0.6) is 0 Å². The minimum Gasteiger partial charge on any atom is -0.360 e. The maximum Gasteiger partial charge on any atom is 0.233 e. The minimum atomic E-state index is 0.135. The summed E-state index contributed by atoms with van der Waals surface area (Å²) in [5.41, 5.74) is 0. The van der Waals surface area contributed by atoms with E-state index in [9.17, 15) is 4.79 Å². The van der Waals surface area contributed by atoms with Crippen LogP contribution in [0.2, 0.25) is 0 Å². The molecule has 0 saturated carbocycles. The van der Waals surface area contributed by atoms with Crippen LogP contribution in [-0.2, 0) is 4.79 Å². The number of rotatable bonds is 7. The Kier molecular flexibility index (Phi) is 6.62. The Hall–Kier alpha value is -1.94. The van der Waals surface area contributed by atoms with E-state index < -0.39 is 0 Å². The van der Waals surface area contributed by atoms with Crippen LogP contribution in [-0.4, -0.2) is 69.4 Å². The van der Waals surface area contributed by atoms with Crippen molar-refractivity contribution in [2.75, 3.05) is 48.7 Å². The first kappa shape index (κ1) is 18.8. The Morgan fingerprint density at radius 3 is 2.65 bits per heavy atom. The molecule has 0 unspecified atom stereocenters. The third kappa shape index (κ3) is 5.28. The molecule has 1 saturated heterocycles. The van der Waals surface area contributed by atoms with Crippen LogP contribution in [0.3, 0.4) is 0 Å². The van der Waals surface area contributed by atoms with E-state index in [1.54, 1.807) is 18.5 Å². The standard InChI is InChI=1S/C16H23N7OS2/c1-12(2)10-19-15-20-21-16(26-15)25-11-13(24)22-6-8-23(9-7-22)14-17-4-3-5-18-14/h3-5,12H,6-11H2,1-2H3,(H,19,20). The van der Waals surface area contributed by atoms with Crippen molar-refractivity contribution in [3.63, 3.8) is 0 Å². The van der Waals surface area contributed by atoms with Crippen molar-refractivity contribution < 1.29 is 4.79 Å². The summed E-state index contributed by atoms with van der Waals surface area (Å²) in [6, 6.07) is 1.80. The van der Waals surface area contributed by atoms with Gasteiger partial charge in [-0.15, -0.1) is 10.2 Å². The first-order chi connectivity index (χ1) is 12.6. The molecule has 3 heterocycles. The highest BCUT2D eigenvalue weighted by molar-refractivity contribution is 8.01. The molecule has 0 radical (unpaired) electrons. The van der Waals surface area contributed by atoms with Gasteiger partial charge in [-0.2, -0.15) is 0 Å². The third-order valence-corrected chi connectivity index (χ3v) is 5.85. The second-order valence-corrected chi connectivity index (χ2v) is 8.55. The van der Waals surface area contributed by atoms with Crippen molar-refractivity contribution in [2.45, 2.75) is 18.2 Å². The van der Waals surface area contributed by atoms with E-state index in [4.69, 9.17) is 0 Å². The molecule has 0 aromatic carbocycles. The van der Waals surface area contributed by atoms with E-state index in [1.165, 1.54) is 23.1 Å². The predicted molar refractivity (Wildman–Crippen MR) is 105 cm³/mol. The van der Waals surface area contributed by atoms with Crippen LogP contribution >= 0.6 is 23.1 Å². The largest absolute Gasteiger partial charge is 0.360 e. The summed E-state index contributed by atoms with van der Waals surface area (Å²) in [6.45, 7) is 8.04. The van der Waals surface area contributed by atoms with Crippen molar-refractivity contribution in [2.24, 2.45) is 5.92 Å². The molecule has 8 nitrogen and oxygen atoms in total. The summed E-state index contributed by atoms with van der Waals surface area (Å²) in [5.74, 6) is 1.80. The number of thioether (sulfide) groups is 1. The van der Waals surface area contributed by atoms with Gasteiger partial charge in [0.1, 0.15) is 0 Å². The summed E-state index contributed by atoms with van der Waals surface area (Å²) >= 11 is 2.95. The topological polar surface area (TPSA) is 87.1 Å². The molecule has 3 rings (SSSR count). The first-order valence-corrected chi connectivity index (χ1v) is 10.4. The molecule has 0 spiro atoms. The van der Waals surface area contributed by atoms with Crippen LogP contribution in [0.4, 0.5) is 11.1 Å².